The van der Waals surface area contributed by atoms with Crippen molar-refractivity contribution in [1.29, 1.82) is 0 Å². The molecule has 4 nitrogen and oxygen atoms in total. The third-order valence-electron chi connectivity index (χ3n) is 2.61. The number of hydrogen-bond acceptors (Lipinski definition) is 4. The van der Waals surface area contributed by atoms with Crippen LogP contribution in [0.25, 0.3) is 0 Å². The molecule has 0 saturated carbocycles. The molecular formula is C13H16N2O2. The lowest BCUT2D eigenvalue weighted by atomic mass is 10.1. The van der Waals surface area contributed by atoms with Gasteiger partial charge in [0.2, 0.25) is 0 Å². The average Bonchev–Trinajstić information content (AvgIpc) is 2.69. The lowest BCUT2D eigenvalue weighted by molar-refractivity contribution is 0.288. The summed E-state index contributed by atoms with van der Waals surface area (Å²) in [5, 5.41) is 16.1. The fraction of sp³-hybridized carbons (Fsp3) is 0.308. The zero-order valence-corrected chi connectivity index (χ0v) is 9.81. The number of nitrogens with zero attached hydrogens (tertiary/aromatic N) is 1. The molecule has 0 aliphatic heterocycles. The van der Waals surface area contributed by atoms with E-state index in [2.05, 4.69) is 10.5 Å². The summed E-state index contributed by atoms with van der Waals surface area (Å²) < 4.78 is 5.17. The third-order valence-corrected chi connectivity index (χ3v) is 2.61. The summed E-state index contributed by atoms with van der Waals surface area (Å²) in [6.45, 7) is 2.06. The van der Waals surface area contributed by atoms with E-state index in [0.29, 0.717) is 6.42 Å². The molecule has 0 atom stereocenters. The molecule has 0 unspecified atom stereocenters. The van der Waals surface area contributed by atoms with Crippen LogP contribution in [0.2, 0.25) is 0 Å². The fourth-order valence-corrected chi connectivity index (χ4v) is 1.70. The maximum absolute atomic E-state index is 8.87. The average molecular weight is 232 g/mol. The summed E-state index contributed by atoms with van der Waals surface area (Å²) in [7, 11) is 0. The molecule has 17 heavy (non-hydrogen) atoms. The van der Waals surface area contributed by atoms with E-state index < -0.39 is 0 Å². The Labute approximate surface area is 100 Å². The minimum Gasteiger partial charge on any atom is -0.396 e. The number of aliphatic hydroxyl groups is 1. The Balaban J connectivity index is 2.15. The Morgan fingerprint density at radius 1 is 1.29 bits per heavy atom. The molecule has 4 heteroatoms. The maximum Gasteiger partial charge on any atom is 0.177 e. The summed E-state index contributed by atoms with van der Waals surface area (Å²) >= 11 is 0. The summed E-state index contributed by atoms with van der Waals surface area (Å²) in [5.41, 5.74) is 2.01. The molecule has 90 valence electrons. The molecule has 2 aromatic rings. The molecule has 0 amide bonds. The van der Waals surface area contributed by atoms with Crippen molar-refractivity contribution in [1.82, 2.24) is 5.16 Å². The first kappa shape index (κ1) is 11.7. The van der Waals surface area contributed by atoms with E-state index in [4.69, 9.17) is 9.63 Å². The van der Waals surface area contributed by atoms with Gasteiger partial charge in [-0.15, -0.1) is 0 Å². The third kappa shape index (κ3) is 2.85. The molecule has 1 aromatic heterocycles. The number of para-hydroxylation sites is 1. The quantitative estimate of drug-likeness (QED) is 0.832. The van der Waals surface area contributed by atoms with Gasteiger partial charge in [-0.05, 0) is 31.9 Å². The number of hydrogen-bond donors (Lipinski definition) is 2. The molecule has 0 bridgehead atoms. The lowest BCUT2D eigenvalue weighted by Crippen LogP contribution is -1.97. The Bertz CT molecular complexity index is 466. The van der Waals surface area contributed by atoms with E-state index in [1.807, 2.05) is 37.3 Å². The van der Waals surface area contributed by atoms with Gasteiger partial charge in [-0.1, -0.05) is 23.4 Å². The number of aliphatic hydroxyl groups excluding tert-OH is 1. The van der Waals surface area contributed by atoms with Crippen molar-refractivity contribution in [2.75, 3.05) is 11.9 Å². The number of anilines is 2. The van der Waals surface area contributed by atoms with Crippen LogP contribution in [-0.4, -0.2) is 16.9 Å². The van der Waals surface area contributed by atoms with Crippen molar-refractivity contribution in [3.63, 3.8) is 0 Å². The highest BCUT2D eigenvalue weighted by Crippen LogP contribution is 2.23. The van der Waals surface area contributed by atoms with Gasteiger partial charge < -0.3 is 14.9 Å². The van der Waals surface area contributed by atoms with E-state index in [9.17, 15) is 0 Å². The molecular weight excluding hydrogens is 216 g/mol. The fourth-order valence-electron chi connectivity index (χ4n) is 1.70. The topological polar surface area (TPSA) is 58.3 Å². The molecule has 0 aliphatic carbocycles. The van der Waals surface area contributed by atoms with Crippen LogP contribution >= 0.6 is 0 Å². The van der Waals surface area contributed by atoms with Crippen LogP contribution in [0.4, 0.5) is 11.5 Å². The highest BCUT2D eigenvalue weighted by Gasteiger charge is 2.12. The van der Waals surface area contributed by atoms with E-state index in [1.54, 1.807) is 0 Å². The molecule has 2 rings (SSSR count). The minimum absolute atomic E-state index is 0.176. The van der Waals surface area contributed by atoms with Crippen LogP contribution in [0.3, 0.4) is 0 Å². The number of aryl methyl sites for hydroxylation is 1. The van der Waals surface area contributed by atoms with Crippen molar-refractivity contribution in [2.24, 2.45) is 0 Å². The van der Waals surface area contributed by atoms with Crippen molar-refractivity contribution in [2.45, 2.75) is 19.8 Å². The van der Waals surface area contributed by atoms with Crippen molar-refractivity contribution < 1.29 is 9.63 Å². The zero-order chi connectivity index (χ0) is 12.1. The summed E-state index contributed by atoms with van der Waals surface area (Å²) in [6.07, 6.45) is 1.48. The molecule has 0 fully saturated rings. The van der Waals surface area contributed by atoms with Gasteiger partial charge in [0, 0.05) is 17.9 Å². The van der Waals surface area contributed by atoms with Crippen LogP contribution < -0.4 is 5.32 Å². The van der Waals surface area contributed by atoms with Gasteiger partial charge in [-0.25, -0.2) is 0 Å². The predicted molar refractivity (Wildman–Crippen MR) is 66.4 cm³/mol. The minimum atomic E-state index is 0.176. The first-order chi connectivity index (χ1) is 8.31. The van der Waals surface area contributed by atoms with Crippen molar-refractivity contribution >= 4 is 11.5 Å². The standard InChI is InChI=1S/C13H16N2O2/c1-10-12(8-5-9-16)13(15-17-10)14-11-6-3-2-4-7-11/h2-4,6-7,16H,5,8-9H2,1H3,(H,14,15). The van der Waals surface area contributed by atoms with Gasteiger partial charge in [0.1, 0.15) is 5.76 Å². The molecule has 1 heterocycles. The smallest absolute Gasteiger partial charge is 0.177 e. The van der Waals surface area contributed by atoms with Gasteiger partial charge in [-0.3, -0.25) is 0 Å². The SMILES string of the molecule is Cc1onc(Nc2ccccc2)c1CCCO. The van der Waals surface area contributed by atoms with Crippen molar-refractivity contribution in [3.05, 3.63) is 41.7 Å². The van der Waals surface area contributed by atoms with Crippen LogP contribution in [0.5, 0.6) is 0 Å². The van der Waals surface area contributed by atoms with Crippen LogP contribution in [0.1, 0.15) is 17.7 Å². The summed E-state index contributed by atoms with van der Waals surface area (Å²) in [5.74, 6) is 1.54. The molecule has 1 aromatic carbocycles. The van der Waals surface area contributed by atoms with E-state index in [0.717, 1.165) is 29.2 Å². The molecule has 0 spiro atoms. The number of aromatic nitrogens is 1. The van der Waals surface area contributed by atoms with Gasteiger partial charge >= 0.3 is 0 Å². The number of rotatable bonds is 5. The number of nitrogens with one attached hydrogen (secondary N) is 1. The van der Waals surface area contributed by atoms with Gasteiger partial charge in [0.25, 0.3) is 0 Å². The van der Waals surface area contributed by atoms with E-state index in [-0.39, 0.29) is 6.61 Å². The van der Waals surface area contributed by atoms with Gasteiger partial charge in [0.15, 0.2) is 5.82 Å². The highest BCUT2D eigenvalue weighted by molar-refractivity contribution is 5.59. The molecule has 2 N–H and O–H groups in total. The monoisotopic (exact) mass is 232 g/mol. The predicted octanol–water partition coefficient (Wildman–Crippen LogP) is 2.65. The van der Waals surface area contributed by atoms with E-state index in [1.165, 1.54) is 0 Å². The van der Waals surface area contributed by atoms with Gasteiger partial charge in [0.05, 0.1) is 0 Å². The van der Waals surface area contributed by atoms with Crippen molar-refractivity contribution in [3.8, 4) is 0 Å². The van der Waals surface area contributed by atoms with Crippen LogP contribution in [0.15, 0.2) is 34.9 Å². The van der Waals surface area contributed by atoms with Crippen LogP contribution in [0, 0.1) is 6.92 Å². The zero-order valence-electron chi connectivity index (χ0n) is 9.81. The molecule has 0 radical (unpaired) electrons. The second-order valence-corrected chi connectivity index (χ2v) is 3.88. The first-order valence-corrected chi connectivity index (χ1v) is 5.69. The second-order valence-electron chi connectivity index (χ2n) is 3.88. The Kier molecular flexibility index (Phi) is 3.77. The number of benzene rings is 1. The van der Waals surface area contributed by atoms with E-state index >= 15 is 0 Å². The normalized spacial score (nSPS) is 10.5. The Morgan fingerprint density at radius 3 is 2.76 bits per heavy atom. The van der Waals surface area contributed by atoms with Crippen LogP contribution in [-0.2, 0) is 6.42 Å². The highest BCUT2D eigenvalue weighted by atomic mass is 16.5. The summed E-state index contributed by atoms with van der Waals surface area (Å²) in [4.78, 5) is 0. The Hall–Kier alpha value is -1.81. The first-order valence-electron chi connectivity index (χ1n) is 5.69. The lowest BCUT2D eigenvalue weighted by Gasteiger charge is -2.04. The Morgan fingerprint density at radius 2 is 2.06 bits per heavy atom. The summed E-state index contributed by atoms with van der Waals surface area (Å²) in [6, 6.07) is 9.83. The van der Waals surface area contributed by atoms with Gasteiger partial charge in [-0.2, -0.15) is 0 Å². The second kappa shape index (κ2) is 5.50. The maximum atomic E-state index is 8.87. The molecule has 0 aliphatic rings. The largest absolute Gasteiger partial charge is 0.396 e. The molecule has 0 saturated heterocycles.